The topological polar surface area (TPSA) is 106 Å². The van der Waals surface area contributed by atoms with Gasteiger partial charge in [-0.2, -0.15) is 13.7 Å². The van der Waals surface area contributed by atoms with Gasteiger partial charge >= 0.3 is 7.60 Å². The molecule has 0 aliphatic rings. The third-order valence-corrected chi connectivity index (χ3v) is 4.42. The maximum Gasteiger partial charge on any atom is 0.473 e. The first-order valence-corrected chi connectivity index (χ1v) is 8.47. The van der Waals surface area contributed by atoms with Crippen molar-refractivity contribution in [3.8, 4) is 6.07 Å². The number of rotatable bonds is 8. The Hall–Kier alpha value is -0.450. The van der Waals surface area contributed by atoms with E-state index in [-0.39, 0.29) is 19.2 Å². The number of aliphatic hydroxyl groups is 1. The van der Waals surface area contributed by atoms with Crippen LogP contribution in [0.3, 0.4) is 0 Å². The SMILES string of the molecule is CCOP(=O)(CCC(C#N)OS(C)(=O)=O)[OH+]C. The predicted octanol–water partition coefficient (Wildman–Crippen LogP) is 0.632. The predicted molar refractivity (Wildman–Crippen MR) is 62.2 cm³/mol. The van der Waals surface area contributed by atoms with Gasteiger partial charge in [0.2, 0.25) is 0 Å². The van der Waals surface area contributed by atoms with Crippen LogP contribution >= 0.6 is 7.60 Å². The van der Waals surface area contributed by atoms with Crippen LogP contribution in [0.25, 0.3) is 0 Å². The summed E-state index contributed by atoms with van der Waals surface area (Å²) >= 11 is 0. The van der Waals surface area contributed by atoms with Crippen LogP contribution in [-0.4, -0.2) is 45.2 Å². The van der Waals surface area contributed by atoms with E-state index < -0.39 is 23.8 Å². The number of hydrogen-bond donors (Lipinski definition) is 0. The Morgan fingerprint density at radius 2 is 2.12 bits per heavy atom. The fraction of sp³-hybridized carbons (Fsp3) is 0.875. The lowest BCUT2D eigenvalue weighted by Crippen LogP contribution is -2.18. The van der Waals surface area contributed by atoms with Crippen LogP contribution in [0.1, 0.15) is 13.3 Å². The molecule has 0 radical (unpaired) electrons. The molecule has 0 spiro atoms. The molecule has 2 atom stereocenters. The molecule has 0 heterocycles. The van der Waals surface area contributed by atoms with Crippen molar-refractivity contribution in [2.45, 2.75) is 19.4 Å². The monoisotopic (exact) mass is 286 g/mol. The Kier molecular flexibility index (Phi) is 6.90. The summed E-state index contributed by atoms with van der Waals surface area (Å²) in [6.45, 7) is 1.91. The van der Waals surface area contributed by atoms with E-state index in [0.717, 1.165) is 6.26 Å². The van der Waals surface area contributed by atoms with Crippen LogP contribution in [-0.2, 0) is 23.4 Å². The molecule has 0 saturated heterocycles. The van der Waals surface area contributed by atoms with Crippen molar-refractivity contribution in [2.24, 2.45) is 0 Å². The van der Waals surface area contributed by atoms with Gasteiger partial charge in [0.25, 0.3) is 10.1 Å². The van der Waals surface area contributed by atoms with E-state index in [4.69, 9.17) is 9.79 Å². The van der Waals surface area contributed by atoms with Crippen LogP contribution < -0.4 is 0 Å². The second kappa shape index (κ2) is 7.09. The molecular weight excluding hydrogens is 269 g/mol. The van der Waals surface area contributed by atoms with Crippen molar-refractivity contribution in [3.05, 3.63) is 0 Å². The van der Waals surface area contributed by atoms with Gasteiger partial charge in [-0.25, -0.2) is 4.57 Å². The summed E-state index contributed by atoms with van der Waals surface area (Å²) in [6.07, 6.45) is -0.354. The Morgan fingerprint density at radius 3 is 2.47 bits per heavy atom. The lowest BCUT2D eigenvalue weighted by atomic mass is 10.3. The minimum atomic E-state index is -3.71. The second-order valence-electron chi connectivity index (χ2n) is 3.19. The fourth-order valence-electron chi connectivity index (χ4n) is 1.05. The highest BCUT2D eigenvalue weighted by Crippen LogP contribution is 2.45. The van der Waals surface area contributed by atoms with Crippen molar-refractivity contribution in [3.63, 3.8) is 0 Å². The zero-order valence-corrected chi connectivity index (χ0v) is 11.7. The van der Waals surface area contributed by atoms with Crippen molar-refractivity contribution in [2.75, 3.05) is 26.1 Å². The van der Waals surface area contributed by atoms with Gasteiger partial charge < -0.3 is 4.52 Å². The average molecular weight is 286 g/mol. The van der Waals surface area contributed by atoms with Gasteiger partial charge in [0.05, 0.1) is 18.9 Å². The summed E-state index contributed by atoms with van der Waals surface area (Å²) in [7, 11) is -5.48. The van der Waals surface area contributed by atoms with Crippen LogP contribution in [0.5, 0.6) is 0 Å². The lowest BCUT2D eigenvalue weighted by Gasteiger charge is -2.12. The molecule has 0 fully saturated rings. The maximum absolute atomic E-state index is 11.9. The number of nitrogens with zero attached hydrogens (tertiary/aromatic N) is 1. The molecule has 0 aromatic carbocycles. The minimum Gasteiger partial charge on any atom is -0.382 e. The molecule has 0 aliphatic heterocycles. The largest absolute Gasteiger partial charge is 0.473 e. The molecule has 17 heavy (non-hydrogen) atoms. The first-order valence-electron chi connectivity index (χ1n) is 4.89. The molecule has 0 amide bonds. The van der Waals surface area contributed by atoms with E-state index in [0.29, 0.717) is 0 Å². The van der Waals surface area contributed by atoms with Crippen LogP contribution in [0.2, 0.25) is 0 Å². The molecule has 7 nitrogen and oxygen atoms in total. The third kappa shape index (κ3) is 7.47. The summed E-state index contributed by atoms with van der Waals surface area (Å²) in [4.78, 5) is 0. The van der Waals surface area contributed by atoms with Gasteiger partial charge in [0, 0.05) is 6.42 Å². The Morgan fingerprint density at radius 1 is 1.53 bits per heavy atom. The van der Waals surface area contributed by atoms with E-state index in [1.54, 1.807) is 13.0 Å². The third-order valence-electron chi connectivity index (χ3n) is 1.74. The van der Waals surface area contributed by atoms with E-state index in [9.17, 15) is 13.0 Å². The van der Waals surface area contributed by atoms with Crippen molar-refractivity contribution < 1.29 is 26.2 Å². The Labute approximate surface area is 101 Å². The van der Waals surface area contributed by atoms with Gasteiger partial charge in [0.1, 0.15) is 13.3 Å². The van der Waals surface area contributed by atoms with Crippen LogP contribution in [0.15, 0.2) is 0 Å². The summed E-state index contributed by atoms with van der Waals surface area (Å²) in [5.41, 5.74) is 0. The van der Waals surface area contributed by atoms with Crippen LogP contribution in [0, 0.1) is 11.3 Å². The minimum absolute atomic E-state index is 0.0157. The van der Waals surface area contributed by atoms with Crippen molar-refractivity contribution in [1.29, 1.82) is 5.26 Å². The van der Waals surface area contributed by atoms with E-state index >= 15 is 0 Å². The van der Waals surface area contributed by atoms with Gasteiger partial charge in [0.15, 0.2) is 6.10 Å². The zero-order valence-electron chi connectivity index (χ0n) is 9.99. The molecule has 0 saturated carbocycles. The molecule has 0 bridgehead atoms. The smallest absolute Gasteiger partial charge is 0.382 e. The average Bonchev–Trinajstić information content (AvgIpc) is 2.23. The highest BCUT2D eigenvalue weighted by molar-refractivity contribution is 7.86. The molecule has 0 rings (SSSR count). The van der Waals surface area contributed by atoms with Gasteiger partial charge in [-0.1, -0.05) is 0 Å². The first-order chi connectivity index (χ1) is 7.76. The van der Waals surface area contributed by atoms with E-state index in [1.807, 2.05) is 0 Å². The van der Waals surface area contributed by atoms with Gasteiger partial charge in [-0.05, 0) is 6.92 Å². The van der Waals surface area contributed by atoms with E-state index in [1.165, 1.54) is 7.11 Å². The molecular formula is C8H17NO6PS+. The summed E-state index contributed by atoms with van der Waals surface area (Å²) in [5.74, 6) is 0. The Bertz CT molecular complexity index is 414. The Balaban J connectivity index is 4.43. The molecule has 0 aromatic rings. The molecule has 1 N–H and O–H groups in total. The molecule has 9 heteroatoms. The molecule has 100 valence electrons. The van der Waals surface area contributed by atoms with Gasteiger partial charge in [-0.15, -0.1) is 0 Å². The highest BCUT2D eigenvalue weighted by atomic mass is 32.2. The molecule has 2 unspecified atom stereocenters. The second-order valence-corrected chi connectivity index (χ2v) is 7.17. The summed E-state index contributed by atoms with van der Waals surface area (Å²) < 4.78 is 46.6. The molecule has 0 aliphatic carbocycles. The van der Waals surface area contributed by atoms with Gasteiger partial charge in [-0.3, -0.25) is 8.71 Å². The maximum atomic E-state index is 11.9. The van der Waals surface area contributed by atoms with Crippen molar-refractivity contribution >= 4 is 17.7 Å². The summed E-state index contributed by atoms with van der Waals surface area (Å²) in [6, 6.07) is 1.68. The normalized spacial score (nSPS) is 17.1. The number of hydrogen-bond acceptors (Lipinski definition) is 6. The highest BCUT2D eigenvalue weighted by Gasteiger charge is 2.31. The zero-order chi connectivity index (χ0) is 13.5. The van der Waals surface area contributed by atoms with E-state index in [2.05, 4.69) is 8.71 Å². The summed E-state index contributed by atoms with van der Waals surface area (Å²) in [5, 5.41) is 8.69. The number of nitriles is 1. The standard InChI is InChI=1S/C8H16NO6PS/c1-4-14-16(10,13-2)6-5-8(7-9)15-17(3,11)12/h8H,4-6H2,1-3H3/p+1. The van der Waals surface area contributed by atoms with Crippen LogP contribution in [0.4, 0.5) is 0 Å². The fourth-order valence-corrected chi connectivity index (χ4v) is 3.02. The quantitative estimate of drug-likeness (QED) is 0.368. The first kappa shape index (κ1) is 16.6. The molecule has 0 aromatic heterocycles. The van der Waals surface area contributed by atoms with Crippen molar-refractivity contribution in [1.82, 2.24) is 0 Å². The lowest BCUT2D eigenvalue weighted by molar-refractivity contribution is 0.139.